The van der Waals surface area contributed by atoms with Gasteiger partial charge in [0, 0.05) is 0 Å². The van der Waals surface area contributed by atoms with Crippen molar-refractivity contribution in [2.24, 2.45) is 0 Å². The minimum atomic E-state index is -1.82. The summed E-state index contributed by atoms with van der Waals surface area (Å²) >= 11 is 3.09. The number of fused-ring (bicyclic) bond motifs is 8. The highest BCUT2D eigenvalue weighted by Gasteiger charge is 2.33. The zero-order valence-electron chi connectivity index (χ0n) is 34.7. The molecule has 0 radical (unpaired) electrons. The fourth-order valence-corrected chi connectivity index (χ4v) is 11.6. The van der Waals surface area contributed by atoms with Crippen LogP contribution in [0.15, 0.2) is 87.7 Å². The van der Waals surface area contributed by atoms with Crippen molar-refractivity contribution >= 4 is 45.1 Å². The second-order valence-corrected chi connectivity index (χ2v) is 22.8. The monoisotopic (exact) mass is 808 g/mol. The number of benzene rings is 4. The van der Waals surface area contributed by atoms with Crippen molar-refractivity contribution in [1.29, 1.82) is 0 Å². The van der Waals surface area contributed by atoms with Crippen LogP contribution in [0.2, 0.25) is 0 Å². The van der Waals surface area contributed by atoms with E-state index in [1.165, 1.54) is 0 Å². The van der Waals surface area contributed by atoms with Crippen LogP contribution in [0.5, 0.6) is 23.0 Å². The molecule has 8 bridgehead atoms. The number of hydrogen-bond donors (Lipinski definition) is 0. The molecule has 4 aromatic carbocycles. The first-order valence-corrected chi connectivity index (χ1v) is 22.0. The third-order valence-electron chi connectivity index (χ3n) is 9.60. The maximum atomic E-state index is 15.4. The maximum Gasteiger partial charge on any atom is 0.151 e. The average molecular weight is 809 g/mol. The van der Waals surface area contributed by atoms with Gasteiger partial charge in [-0.3, -0.25) is 0 Å². The van der Waals surface area contributed by atoms with E-state index in [1.807, 2.05) is 24.3 Å². The molecule has 1 aliphatic rings. The summed E-state index contributed by atoms with van der Waals surface area (Å²) in [5, 5.41) is 0. The molecule has 1 heterocycles. The molecule has 2 unspecified atom stereocenters. The summed E-state index contributed by atoms with van der Waals surface area (Å²) < 4.78 is 55.5. The second-order valence-electron chi connectivity index (χ2n) is 17.8. The van der Waals surface area contributed by atoms with Gasteiger partial charge in [-0.05, 0) is 92.4 Å². The minimum absolute atomic E-state index is 0.199. The van der Waals surface area contributed by atoms with E-state index >= 15 is 8.42 Å². The highest BCUT2D eigenvalue weighted by molar-refractivity contribution is 8.00. The van der Waals surface area contributed by atoms with Gasteiger partial charge in [-0.25, -0.2) is 8.42 Å². The number of rotatable bonds is 4. The van der Waals surface area contributed by atoms with Crippen LogP contribution in [0.3, 0.4) is 0 Å². The summed E-state index contributed by atoms with van der Waals surface area (Å²) in [6.45, 7) is 25.7. The van der Waals surface area contributed by atoms with Crippen LogP contribution < -0.4 is 18.9 Å². The topological polar surface area (TPSA) is 71.1 Å². The standard InChI is InChI=1S/C44H56O6S4/c1-41(2,3)25-17-29-37(47-13)30(18-25)52-32-20-27(43(7,8)9)22-34(39(32)49-15)54(46)36-24-28(44(10,11)12)23-35(40(36)50-16)53(45)33-21-26(42(4,5)6)19-31(51-29)38(33)48-14/h17-24H,1-16H3. The minimum Gasteiger partial charge on any atom is -0.494 e. The molecule has 0 saturated heterocycles. The van der Waals surface area contributed by atoms with Gasteiger partial charge in [0.1, 0.15) is 17.2 Å². The molecule has 292 valence electrons. The van der Waals surface area contributed by atoms with Crippen molar-refractivity contribution in [1.82, 2.24) is 0 Å². The summed E-state index contributed by atoms with van der Waals surface area (Å²) in [7, 11) is 2.84. The molecule has 0 aliphatic carbocycles. The van der Waals surface area contributed by atoms with Crippen molar-refractivity contribution in [2.45, 2.75) is 144 Å². The van der Waals surface area contributed by atoms with Gasteiger partial charge in [0.25, 0.3) is 0 Å². The molecular weight excluding hydrogens is 753 g/mol. The Morgan fingerprint density at radius 1 is 0.370 bits per heavy atom. The quantitative estimate of drug-likeness (QED) is 0.178. The Kier molecular flexibility index (Phi) is 11.9. The van der Waals surface area contributed by atoms with Crippen molar-refractivity contribution in [3.63, 3.8) is 0 Å². The van der Waals surface area contributed by atoms with Gasteiger partial charge in [0.05, 0.1) is 89.2 Å². The smallest absolute Gasteiger partial charge is 0.151 e. The average Bonchev–Trinajstić information content (AvgIpc) is 3.07. The summed E-state index contributed by atoms with van der Waals surface area (Å²) in [5.74, 6) is 2.01. The molecule has 6 nitrogen and oxygen atoms in total. The Labute approximate surface area is 336 Å². The molecule has 0 amide bonds. The van der Waals surface area contributed by atoms with E-state index in [0.717, 1.165) is 41.8 Å². The van der Waals surface area contributed by atoms with Crippen LogP contribution in [-0.2, 0) is 43.3 Å². The van der Waals surface area contributed by atoms with Crippen LogP contribution in [0.1, 0.15) is 105 Å². The molecule has 0 N–H and O–H groups in total. The predicted octanol–water partition coefficient (Wildman–Crippen LogP) is 11.9. The van der Waals surface area contributed by atoms with E-state index < -0.39 is 21.6 Å². The molecule has 2 atom stereocenters. The SMILES string of the molecule is COc1c2cc(C(C)(C)C)cc1Sc1cc(C(C)(C)C)cc(c1OC)S(=O)c1cc(C(C)(C)C)cc(c1OC)S(=O)c1cc(C(C)(C)C)cc(c1OC)S2. The van der Waals surface area contributed by atoms with E-state index in [-0.39, 0.29) is 21.7 Å². The van der Waals surface area contributed by atoms with Gasteiger partial charge in [-0.1, -0.05) is 107 Å². The summed E-state index contributed by atoms with van der Waals surface area (Å²) in [6.07, 6.45) is 0. The second kappa shape index (κ2) is 15.2. The van der Waals surface area contributed by atoms with Crippen molar-refractivity contribution in [2.75, 3.05) is 28.4 Å². The molecular formula is C44H56O6S4. The third kappa shape index (κ3) is 8.28. The molecule has 1 aliphatic heterocycles. The Hall–Kier alpha value is -2.92. The number of hydrogen-bond acceptors (Lipinski definition) is 8. The summed E-state index contributed by atoms with van der Waals surface area (Å²) in [6, 6.07) is 16.5. The molecule has 0 saturated carbocycles. The van der Waals surface area contributed by atoms with E-state index in [0.29, 0.717) is 42.6 Å². The molecule has 54 heavy (non-hydrogen) atoms. The fourth-order valence-electron chi connectivity index (χ4n) is 6.17. The lowest BCUT2D eigenvalue weighted by Gasteiger charge is -2.27. The zero-order valence-corrected chi connectivity index (χ0v) is 38.0. The van der Waals surface area contributed by atoms with Crippen LogP contribution in [0.25, 0.3) is 0 Å². The highest BCUT2D eigenvalue weighted by atomic mass is 32.2. The lowest BCUT2D eigenvalue weighted by atomic mass is 9.87. The maximum absolute atomic E-state index is 15.4. The van der Waals surface area contributed by atoms with Gasteiger partial charge < -0.3 is 18.9 Å². The fraction of sp³-hybridized carbons (Fsp3) is 0.455. The van der Waals surface area contributed by atoms with Crippen molar-refractivity contribution in [3.8, 4) is 23.0 Å². The Balaban J connectivity index is 2.05. The molecule has 0 spiro atoms. The first kappa shape index (κ1) is 42.2. The Bertz CT molecular complexity index is 2010. The number of methoxy groups -OCH3 is 4. The van der Waals surface area contributed by atoms with Crippen molar-refractivity contribution < 1.29 is 27.4 Å². The van der Waals surface area contributed by atoms with Crippen LogP contribution >= 0.6 is 23.5 Å². The molecule has 4 aromatic rings. The van der Waals surface area contributed by atoms with Gasteiger partial charge >= 0.3 is 0 Å². The van der Waals surface area contributed by atoms with Crippen LogP contribution in [0, 0.1) is 0 Å². The molecule has 0 aromatic heterocycles. The number of ether oxygens (including phenoxy) is 4. The Morgan fingerprint density at radius 3 is 0.852 bits per heavy atom. The van der Waals surface area contributed by atoms with Gasteiger partial charge in [-0.2, -0.15) is 0 Å². The third-order valence-corrected chi connectivity index (χ3v) is 14.5. The van der Waals surface area contributed by atoms with Crippen LogP contribution in [0.4, 0.5) is 0 Å². The van der Waals surface area contributed by atoms with Crippen LogP contribution in [-0.4, -0.2) is 36.9 Å². The Morgan fingerprint density at radius 2 is 0.593 bits per heavy atom. The predicted molar refractivity (Wildman–Crippen MR) is 224 cm³/mol. The first-order chi connectivity index (χ1) is 24.9. The first-order valence-electron chi connectivity index (χ1n) is 18.0. The van der Waals surface area contributed by atoms with E-state index in [1.54, 1.807) is 52.0 Å². The molecule has 5 rings (SSSR count). The highest BCUT2D eigenvalue weighted by Crippen LogP contribution is 2.53. The van der Waals surface area contributed by atoms with E-state index in [2.05, 4.69) is 107 Å². The zero-order chi connectivity index (χ0) is 40.3. The van der Waals surface area contributed by atoms with Gasteiger partial charge in [0.2, 0.25) is 0 Å². The lowest BCUT2D eigenvalue weighted by molar-refractivity contribution is 0.386. The van der Waals surface area contributed by atoms with Gasteiger partial charge in [-0.15, -0.1) is 0 Å². The van der Waals surface area contributed by atoms with E-state index in [4.69, 9.17) is 18.9 Å². The lowest BCUT2D eigenvalue weighted by Crippen LogP contribution is -2.16. The summed E-state index contributed by atoms with van der Waals surface area (Å²) in [4.78, 5) is 5.28. The van der Waals surface area contributed by atoms with Crippen molar-refractivity contribution in [3.05, 3.63) is 70.8 Å². The molecule has 10 heteroatoms. The normalized spacial score (nSPS) is 16.5. The van der Waals surface area contributed by atoms with E-state index in [9.17, 15) is 0 Å². The largest absolute Gasteiger partial charge is 0.494 e. The summed E-state index contributed by atoms with van der Waals surface area (Å²) in [5.41, 5.74) is 2.86. The van der Waals surface area contributed by atoms with Gasteiger partial charge in [0.15, 0.2) is 5.75 Å². The molecule has 0 fully saturated rings.